The fraction of sp³-hybridized carbons (Fsp3) is 0.0476. The highest BCUT2D eigenvalue weighted by Crippen LogP contribution is 2.28. The van der Waals surface area contributed by atoms with Crippen molar-refractivity contribution in [3.8, 4) is 11.3 Å². The van der Waals surface area contributed by atoms with Gasteiger partial charge in [0.05, 0.1) is 11.9 Å². The van der Waals surface area contributed by atoms with Crippen LogP contribution in [0.25, 0.3) is 27.0 Å². The van der Waals surface area contributed by atoms with Gasteiger partial charge < -0.3 is 5.32 Å². The maximum Gasteiger partial charge on any atom is 0.214 e. The maximum absolute atomic E-state index is 13.0. The normalized spacial score (nSPS) is 11.3. The van der Waals surface area contributed by atoms with Gasteiger partial charge >= 0.3 is 0 Å². The lowest BCUT2D eigenvalue weighted by Gasteiger charge is -2.03. The minimum absolute atomic E-state index is 0.230. The number of anilines is 1. The van der Waals surface area contributed by atoms with Gasteiger partial charge in [-0.25, -0.2) is 13.9 Å². The van der Waals surface area contributed by atoms with Crippen LogP contribution in [0, 0.1) is 5.82 Å². The molecule has 3 aromatic carbocycles. The lowest BCUT2D eigenvalue weighted by molar-refractivity contribution is 0.627. The summed E-state index contributed by atoms with van der Waals surface area (Å²) >= 11 is 1.49. The molecule has 0 aliphatic rings. The molecule has 132 valence electrons. The number of imidazole rings is 1. The summed E-state index contributed by atoms with van der Waals surface area (Å²) in [6.07, 6.45) is 1.85. The largest absolute Gasteiger partial charge is 0.356 e. The van der Waals surface area contributed by atoms with Gasteiger partial charge in [-0.05, 0) is 34.5 Å². The number of hydrogen-bond acceptors (Lipinski definition) is 4. The maximum atomic E-state index is 13.0. The molecule has 4 nitrogen and oxygen atoms in total. The first-order valence-corrected chi connectivity index (χ1v) is 9.40. The van der Waals surface area contributed by atoms with E-state index < -0.39 is 0 Å². The molecule has 1 N–H and O–H groups in total. The molecule has 27 heavy (non-hydrogen) atoms. The van der Waals surface area contributed by atoms with Gasteiger partial charge in [0.25, 0.3) is 0 Å². The van der Waals surface area contributed by atoms with Crippen LogP contribution in [-0.2, 0) is 6.54 Å². The van der Waals surface area contributed by atoms with Crippen LogP contribution in [-0.4, -0.2) is 14.6 Å². The highest BCUT2D eigenvalue weighted by molar-refractivity contribution is 7.20. The van der Waals surface area contributed by atoms with Crippen LogP contribution in [0.4, 0.5) is 9.52 Å². The second-order valence-electron chi connectivity index (χ2n) is 6.29. The van der Waals surface area contributed by atoms with E-state index in [0.717, 1.165) is 26.9 Å². The Kier molecular flexibility index (Phi) is 3.83. The Morgan fingerprint density at radius 2 is 1.78 bits per heavy atom. The highest BCUT2D eigenvalue weighted by Gasteiger charge is 2.12. The molecule has 0 radical (unpaired) electrons. The van der Waals surface area contributed by atoms with Crippen LogP contribution < -0.4 is 5.32 Å². The van der Waals surface area contributed by atoms with E-state index >= 15 is 0 Å². The second kappa shape index (κ2) is 6.48. The number of hydrogen-bond donors (Lipinski definition) is 1. The first-order valence-electron chi connectivity index (χ1n) is 8.58. The minimum atomic E-state index is -0.230. The summed E-state index contributed by atoms with van der Waals surface area (Å²) in [7, 11) is 0. The van der Waals surface area contributed by atoms with Crippen molar-refractivity contribution < 1.29 is 4.39 Å². The number of halogens is 1. The molecule has 0 fully saturated rings. The molecule has 0 bridgehead atoms. The van der Waals surface area contributed by atoms with Crippen LogP contribution >= 0.6 is 11.3 Å². The summed E-state index contributed by atoms with van der Waals surface area (Å²) in [5, 5.41) is 11.1. The summed E-state index contributed by atoms with van der Waals surface area (Å²) in [4.78, 5) is 5.32. The van der Waals surface area contributed by atoms with Crippen LogP contribution in [0.3, 0.4) is 0 Å². The van der Waals surface area contributed by atoms with Gasteiger partial charge in [-0.15, -0.1) is 5.10 Å². The van der Waals surface area contributed by atoms with Crippen molar-refractivity contribution >= 4 is 32.2 Å². The van der Waals surface area contributed by atoms with Crippen molar-refractivity contribution in [1.82, 2.24) is 14.6 Å². The quantitative estimate of drug-likeness (QED) is 0.460. The second-order valence-corrected chi connectivity index (χ2v) is 7.24. The third-order valence-electron chi connectivity index (χ3n) is 4.49. The zero-order valence-electron chi connectivity index (χ0n) is 14.3. The molecule has 0 aliphatic heterocycles. The fourth-order valence-electron chi connectivity index (χ4n) is 3.09. The number of fused-ring (bicyclic) bond motifs is 2. The van der Waals surface area contributed by atoms with Crippen molar-refractivity contribution in [2.75, 3.05) is 5.32 Å². The third kappa shape index (κ3) is 3.04. The molecular formula is C21H15FN4S. The van der Waals surface area contributed by atoms with E-state index in [2.05, 4.69) is 45.7 Å². The van der Waals surface area contributed by atoms with E-state index in [1.54, 1.807) is 12.1 Å². The fourth-order valence-corrected chi connectivity index (χ4v) is 3.86. The molecule has 0 spiro atoms. The number of benzene rings is 3. The standard InChI is InChI=1S/C21H15FN4S/c22-18-9-5-14(6-10-18)12-23-20-25-26-19(13-24-21(26)27-20)17-8-7-15-3-1-2-4-16(15)11-17/h1-11,13H,12H2,(H,23,25). The van der Waals surface area contributed by atoms with Crippen molar-refractivity contribution in [2.24, 2.45) is 0 Å². The van der Waals surface area contributed by atoms with E-state index in [4.69, 9.17) is 0 Å². The van der Waals surface area contributed by atoms with Gasteiger partial charge in [0.1, 0.15) is 5.82 Å². The Labute approximate surface area is 158 Å². The van der Waals surface area contributed by atoms with Gasteiger partial charge in [-0.2, -0.15) is 0 Å². The molecular weight excluding hydrogens is 359 g/mol. The number of aromatic nitrogens is 3. The summed E-state index contributed by atoms with van der Waals surface area (Å²) in [5.74, 6) is -0.230. The predicted octanol–water partition coefficient (Wildman–Crippen LogP) is 5.36. The molecule has 0 aliphatic carbocycles. The molecule has 0 atom stereocenters. The lowest BCUT2D eigenvalue weighted by Crippen LogP contribution is -2.00. The lowest BCUT2D eigenvalue weighted by atomic mass is 10.1. The number of nitrogens with zero attached hydrogens (tertiary/aromatic N) is 3. The van der Waals surface area contributed by atoms with E-state index in [9.17, 15) is 4.39 Å². The van der Waals surface area contributed by atoms with E-state index in [0.29, 0.717) is 6.54 Å². The van der Waals surface area contributed by atoms with Crippen LogP contribution in [0.1, 0.15) is 5.56 Å². The van der Waals surface area contributed by atoms with E-state index in [1.807, 2.05) is 22.8 Å². The van der Waals surface area contributed by atoms with E-state index in [1.165, 1.54) is 34.2 Å². The van der Waals surface area contributed by atoms with Gasteiger partial charge in [0.2, 0.25) is 10.1 Å². The van der Waals surface area contributed by atoms with Gasteiger partial charge in [-0.1, -0.05) is 59.9 Å². The average Bonchev–Trinajstić information content (AvgIpc) is 3.27. The molecule has 2 aromatic heterocycles. The molecule has 0 amide bonds. The van der Waals surface area contributed by atoms with Crippen molar-refractivity contribution in [1.29, 1.82) is 0 Å². The Morgan fingerprint density at radius 1 is 0.963 bits per heavy atom. The Bertz CT molecular complexity index is 1240. The van der Waals surface area contributed by atoms with Crippen LogP contribution in [0.15, 0.2) is 72.9 Å². The van der Waals surface area contributed by atoms with Gasteiger partial charge in [-0.3, -0.25) is 0 Å². The summed E-state index contributed by atoms with van der Waals surface area (Å²) in [5.41, 5.74) is 3.04. The molecule has 2 heterocycles. The third-order valence-corrected chi connectivity index (χ3v) is 5.37. The SMILES string of the molecule is Fc1ccc(CNc2nn3c(-c4ccc5ccccc5c4)cnc3s2)cc1. The van der Waals surface area contributed by atoms with Gasteiger partial charge in [0.15, 0.2) is 0 Å². The summed E-state index contributed by atoms with van der Waals surface area (Å²) in [6.45, 7) is 0.586. The molecule has 5 aromatic rings. The van der Waals surface area contributed by atoms with Crippen molar-refractivity contribution in [3.05, 3.63) is 84.3 Å². The summed E-state index contributed by atoms with van der Waals surface area (Å²) in [6, 6.07) is 21.1. The molecule has 6 heteroatoms. The highest BCUT2D eigenvalue weighted by atomic mass is 32.1. The van der Waals surface area contributed by atoms with Crippen molar-refractivity contribution in [2.45, 2.75) is 6.54 Å². The van der Waals surface area contributed by atoms with Crippen LogP contribution in [0.2, 0.25) is 0 Å². The molecule has 0 unspecified atom stereocenters. The predicted molar refractivity (Wildman–Crippen MR) is 108 cm³/mol. The smallest absolute Gasteiger partial charge is 0.214 e. The van der Waals surface area contributed by atoms with Crippen molar-refractivity contribution in [3.63, 3.8) is 0 Å². The average molecular weight is 374 g/mol. The molecule has 5 rings (SSSR count). The Morgan fingerprint density at radius 3 is 2.63 bits per heavy atom. The Balaban J connectivity index is 1.44. The van der Waals surface area contributed by atoms with Gasteiger partial charge in [0, 0.05) is 12.1 Å². The number of rotatable bonds is 4. The topological polar surface area (TPSA) is 42.2 Å². The van der Waals surface area contributed by atoms with Crippen LogP contribution in [0.5, 0.6) is 0 Å². The zero-order valence-corrected chi connectivity index (χ0v) is 15.1. The molecule has 0 saturated carbocycles. The minimum Gasteiger partial charge on any atom is -0.356 e. The first-order chi connectivity index (χ1) is 13.3. The summed E-state index contributed by atoms with van der Waals surface area (Å²) < 4.78 is 14.9. The number of nitrogens with one attached hydrogen (secondary N) is 1. The monoisotopic (exact) mass is 374 g/mol. The molecule has 0 saturated heterocycles. The zero-order chi connectivity index (χ0) is 18.2. The Hall–Kier alpha value is -3.25. The first kappa shape index (κ1) is 16.0. The van der Waals surface area contributed by atoms with E-state index in [-0.39, 0.29) is 5.82 Å².